The summed E-state index contributed by atoms with van der Waals surface area (Å²) in [6.45, 7) is 15.4. The average molecular weight is 1440 g/mol. The summed E-state index contributed by atoms with van der Waals surface area (Å²) in [4.78, 5) is 81.0. The van der Waals surface area contributed by atoms with E-state index >= 15 is 0 Å². The first-order valence-corrected chi connectivity index (χ1v) is 40.9. The van der Waals surface area contributed by atoms with E-state index in [9.17, 15) is 44.1 Å². The van der Waals surface area contributed by atoms with Crippen molar-refractivity contribution in [2.75, 3.05) is 13.7 Å². The van der Waals surface area contributed by atoms with Crippen molar-refractivity contribution in [2.24, 2.45) is 58.2 Å². The third kappa shape index (κ3) is 26.6. The van der Waals surface area contributed by atoms with Gasteiger partial charge in [0, 0.05) is 56.1 Å². The molecule has 0 aromatic heterocycles. The summed E-state index contributed by atoms with van der Waals surface area (Å²) in [6.07, 6.45) is 35.8. The maximum Gasteiger partial charge on any atom is 0.331 e. The van der Waals surface area contributed by atoms with Gasteiger partial charge >= 0.3 is 29.8 Å². The molecule has 0 aromatic rings. The van der Waals surface area contributed by atoms with Crippen molar-refractivity contribution in [1.82, 2.24) is 0 Å². The minimum absolute atomic E-state index is 0.0411. The summed E-state index contributed by atoms with van der Waals surface area (Å²) >= 11 is 0. The molecule has 4 saturated carbocycles. The molecular weight excluding hydrogens is 1310 g/mol. The van der Waals surface area contributed by atoms with E-state index in [0.717, 1.165) is 110 Å². The van der Waals surface area contributed by atoms with Crippen LogP contribution in [0.5, 0.6) is 0 Å². The molecule has 0 spiro atoms. The van der Waals surface area contributed by atoms with Gasteiger partial charge in [0.05, 0.1) is 49.5 Å². The average Bonchev–Trinajstić information content (AvgIpc) is 1.72. The summed E-state index contributed by atoms with van der Waals surface area (Å²) in [5, 5.41) is 38.7. The van der Waals surface area contributed by atoms with Crippen LogP contribution in [-0.2, 0) is 71.4 Å². The normalized spacial score (nSPS) is 34.3. The van der Waals surface area contributed by atoms with Crippen LogP contribution in [0.1, 0.15) is 299 Å². The Morgan fingerprint density at radius 2 is 1.21 bits per heavy atom. The third-order valence-electron chi connectivity index (χ3n) is 24.4. The molecule has 18 heteroatoms. The first kappa shape index (κ1) is 83.9. The van der Waals surface area contributed by atoms with E-state index in [0.29, 0.717) is 25.7 Å². The van der Waals surface area contributed by atoms with Crippen molar-refractivity contribution < 1.29 is 86.7 Å². The quantitative estimate of drug-likeness (QED) is 0.00981. The molecule has 3 saturated heterocycles. The maximum absolute atomic E-state index is 14.5. The van der Waals surface area contributed by atoms with Gasteiger partial charge in [0.15, 0.2) is 11.9 Å². The molecule has 103 heavy (non-hydrogen) atoms. The SMILES string of the molecule is CCCC=CC=CC(=O)O[C@H]1C(=CC(=O)OC)C[C@H]2CC(C(C)OC(=O)CCCCCCCC3CC3CC3CC3CCCCC)OC(=O)C[C@H](O)C[C@@H]3C[C@H](OC(=O)CCCCCCCC4CC4CC4CC4CCCCC)C(C)(C)[C@](O)(C[C@@H]4CC(=CCOC=O)C[C@H](C=CC(C)(C)[C@]1(O)O2)O4)O3. The van der Waals surface area contributed by atoms with Crippen LogP contribution in [0.2, 0.25) is 0 Å². The fourth-order valence-electron chi connectivity index (χ4n) is 17.3. The van der Waals surface area contributed by atoms with Gasteiger partial charge in [0.1, 0.15) is 24.9 Å². The van der Waals surface area contributed by atoms with Crippen LogP contribution in [0.25, 0.3) is 0 Å². The topological polar surface area (TPSA) is 246 Å². The lowest BCUT2D eigenvalue weighted by atomic mass is 9.70. The molecule has 4 aliphatic carbocycles. The second-order valence-corrected chi connectivity index (χ2v) is 33.7. The highest BCUT2D eigenvalue weighted by Gasteiger charge is 2.60. The Kier molecular flexibility index (Phi) is 33.4. The molecule has 0 amide bonds. The summed E-state index contributed by atoms with van der Waals surface area (Å²) in [5.74, 6) is -0.516. The number of hydrogen-bond donors (Lipinski definition) is 3. The van der Waals surface area contributed by atoms with E-state index in [1.54, 1.807) is 58.9 Å². The van der Waals surface area contributed by atoms with Crippen LogP contribution in [0.15, 0.2) is 59.8 Å². The van der Waals surface area contributed by atoms with E-state index in [-0.39, 0.29) is 63.5 Å². The number of carbonyl (C=O) groups excluding carboxylic acids is 6. The molecule has 7 fully saturated rings. The highest BCUT2D eigenvalue weighted by atomic mass is 16.7. The van der Waals surface area contributed by atoms with Gasteiger partial charge in [-0.2, -0.15) is 0 Å². The monoisotopic (exact) mass is 1440 g/mol. The van der Waals surface area contributed by atoms with Crippen molar-refractivity contribution in [3.63, 3.8) is 0 Å². The predicted molar refractivity (Wildman–Crippen MR) is 395 cm³/mol. The van der Waals surface area contributed by atoms with Gasteiger partial charge in [-0.1, -0.05) is 206 Å². The minimum Gasteiger partial charge on any atom is -0.466 e. The second kappa shape index (κ2) is 41.0. The Bertz CT molecular complexity index is 2840. The number of esters is 5. The molecule has 4 heterocycles. The largest absolute Gasteiger partial charge is 0.466 e. The molecule has 0 radical (unpaired) electrons. The standard InChI is InChI=1S/C85H134O18/c1-10-13-16-19-28-37-78(90)101-81-68(51-79(91)95-9)50-71-54-74(58(4)97-76(88)35-29-22-17-20-26-33-62-46-66(62)48-64-44-60(64)31-24-14-11-2)99-80(92)53-69(87)52-72-55-75(100-77(89)36-30-23-18-21-27-34-63-47-67(63)49-65-45-61(65)32-25-15-12-3)83(7,8)84(93,102-72)56-73-43-59(39-41-96-57-86)42-70(98-73)38-40-82(5,6)85(81,94)103-71/h16,19,28,37-40,51,57-58,60-67,69-75,81,87,93-94H,10-15,17-18,20-27,29-36,41-50,52-56H2,1-9H3/t58?,60?,61?,62?,63?,64?,65?,66?,67?,69-,70+,71+,72-,73+,74?,75+,81+,84+,85-/m1/s1. The van der Waals surface area contributed by atoms with Crippen LogP contribution in [0, 0.1) is 58.2 Å². The number of allylic oxidation sites excluding steroid dienone is 3. The number of aliphatic hydroxyl groups excluding tert-OH is 1. The highest BCUT2D eigenvalue weighted by Crippen LogP contribution is 2.57. The van der Waals surface area contributed by atoms with E-state index < -0.39 is 114 Å². The summed E-state index contributed by atoms with van der Waals surface area (Å²) < 4.78 is 55.6. The fraction of sp³-hybridized carbons (Fsp3) is 0.812. The zero-order valence-corrected chi connectivity index (χ0v) is 64.6. The highest BCUT2D eigenvalue weighted by molar-refractivity contribution is 5.84. The number of unbranched alkanes of at least 4 members (excludes halogenated alkanes) is 13. The Hall–Kier alpha value is -4.72. The van der Waals surface area contributed by atoms with Gasteiger partial charge in [0.2, 0.25) is 5.79 Å². The number of cyclic esters (lactones) is 1. The van der Waals surface area contributed by atoms with E-state index in [4.69, 9.17) is 42.6 Å². The van der Waals surface area contributed by atoms with Gasteiger partial charge in [-0.15, -0.1) is 0 Å². The second-order valence-electron chi connectivity index (χ2n) is 33.7. The molecule has 6 bridgehead atoms. The Balaban J connectivity index is 0.978. The van der Waals surface area contributed by atoms with Crippen molar-refractivity contribution in [2.45, 2.75) is 366 Å². The summed E-state index contributed by atoms with van der Waals surface area (Å²) in [6, 6.07) is 0. The zero-order valence-electron chi connectivity index (χ0n) is 64.6. The Morgan fingerprint density at radius 1 is 0.631 bits per heavy atom. The van der Waals surface area contributed by atoms with Gasteiger partial charge in [0.25, 0.3) is 6.47 Å². The molecule has 8 aliphatic rings. The van der Waals surface area contributed by atoms with Crippen LogP contribution < -0.4 is 0 Å². The van der Waals surface area contributed by atoms with Gasteiger partial charge in [-0.3, -0.25) is 19.2 Å². The van der Waals surface area contributed by atoms with Crippen LogP contribution >= 0.6 is 0 Å². The van der Waals surface area contributed by atoms with Gasteiger partial charge in [-0.25, -0.2) is 9.59 Å². The molecule has 18 nitrogen and oxygen atoms in total. The third-order valence-corrected chi connectivity index (χ3v) is 24.4. The number of carbonyl (C=O) groups is 6. The summed E-state index contributed by atoms with van der Waals surface area (Å²) in [7, 11) is 1.20. The lowest BCUT2D eigenvalue weighted by Gasteiger charge is -2.54. The maximum atomic E-state index is 14.5. The van der Waals surface area contributed by atoms with Crippen molar-refractivity contribution in [3.8, 4) is 0 Å². The number of aliphatic hydroxyl groups is 3. The van der Waals surface area contributed by atoms with Crippen LogP contribution in [-0.4, -0.2) is 132 Å². The number of ether oxygens (including phenoxy) is 9. The number of methoxy groups -OCH3 is 1. The number of hydrogen-bond acceptors (Lipinski definition) is 18. The van der Waals surface area contributed by atoms with Gasteiger partial charge < -0.3 is 58.0 Å². The molecule has 19 atom stereocenters. The van der Waals surface area contributed by atoms with E-state index in [1.165, 1.54) is 135 Å². The van der Waals surface area contributed by atoms with Crippen molar-refractivity contribution >= 4 is 36.3 Å². The van der Waals surface area contributed by atoms with Crippen molar-refractivity contribution in [1.29, 1.82) is 0 Å². The Labute approximate surface area is 617 Å². The zero-order chi connectivity index (χ0) is 74.2. The van der Waals surface area contributed by atoms with Crippen molar-refractivity contribution in [3.05, 3.63) is 59.8 Å². The molecule has 8 rings (SSSR count). The van der Waals surface area contributed by atoms with E-state index in [2.05, 4.69) is 13.8 Å². The fourth-order valence-corrected chi connectivity index (χ4v) is 17.3. The first-order valence-electron chi connectivity index (χ1n) is 40.9. The smallest absolute Gasteiger partial charge is 0.331 e. The Morgan fingerprint density at radius 3 is 1.80 bits per heavy atom. The van der Waals surface area contributed by atoms with Crippen LogP contribution in [0.4, 0.5) is 0 Å². The van der Waals surface area contributed by atoms with Gasteiger partial charge in [-0.05, 0) is 143 Å². The number of rotatable bonds is 40. The van der Waals surface area contributed by atoms with E-state index in [1.807, 2.05) is 13.0 Å². The molecule has 0 aromatic carbocycles. The minimum atomic E-state index is -2.50. The molecule has 3 N–H and O–H groups in total. The van der Waals surface area contributed by atoms with Crippen LogP contribution in [0.3, 0.4) is 0 Å². The summed E-state index contributed by atoms with van der Waals surface area (Å²) in [5.41, 5.74) is -1.85. The molecular formula is C85H134O18. The molecule has 10 unspecified atom stereocenters. The number of fused-ring (bicyclic) bond motifs is 6. The molecule has 582 valence electrons. The predicted octanol–water partition coefficient (Wildman–Crippen LogP) is 16.8. The molecule has 4 aliphatic heterocycles. The lowest BCUT2D eigenvalue weighted by Crippen LogP contribution is -2.62. The first-order chi connectivity index (χ1) is 49.4. The lowest BCUT2D eigenvalue weighted by molar-refractivity contribution is -0.349.